The van der Waals surface area contributed by atoms with Crippen LogP contribution in [-0.2, 0) is 14.8 Å². The topological polar surface area (TPSA) is 127 Å². The summed E-state index contributed by atoms with van der Waals surface area (Å²) in [7, 11) is -3.79. The van der Waals surface area contributed by atoms with E-state index < -0.39 is 10.0 Å². The second-order valence-electron chi connectivity index (χ2n) is 5.71. The number of amidine groups is 1. The summed E-state index contributed by atoms with van der Waals surface area (Å²) in [5.74, 6) is -0.279. The maximum Gasteiger partial charge on any atom is 0.270 e. The minimum Gasteiger partial charge on any atom is -0.352 e. The summed E-state index contributed by atoms with van der Waals surface area (Å²) in [5.41, 5.74) is 5.90. The number of carbonyl (C=O) groups is 1. The number of amides is 1. The molecule has 0 atom stereocenters. The molecular weight excluding hydrogens is 316 g/mol. The average Bonchev–Trinajstić information content (AvgIpc) is 2.54. The zero-order valence-electron chi connectivity index (χ0n) is 12.9. The van der Waals surface area contributed by atoms with E-state index in [0.29, 0.717) is 5.56 Å². The molecule has 1 amide bonds. The van der Waals surface area contributed by atoms with Gasteiger partial charge in [-0.2, -0.15) is 0 Å². The third kappa shape index (κ3) is 5.04. The molecule has 0 bridgehead atoms. The van der Waals surface area contributed by atoms with Gasteiger partial charge in [-0.15, -0.1) is 0 Å². The summed E-state index contributed by atoms with van der Waals surface area (Å²) in [6, 6.07) is 6.11. The van der Waals surface area contributed by atoms with E-state index >= 15 is 0 Å². The molecule has 1 fully saturated rings. The van der Waals surface area contributed by atoms with Crippen LogP contribution in [0.25, 0.3) is 0 Å². The highest BCUT2D eigenvalue weighted by Crippen LogP contribution is 2.17. The van der Waals surface area contributed by atoms with Crippen molar-refractivity contribution in [3.05, 3.63) is 29.8 Å². The largest absolute Gasteiger partial charge is 0.352 e. The van der Waals surface area contributed by atoms with Crippen molar-refractivity contribution in [2.75, 3.05) is 6.54 Å². The fourth-order valence-corrected chi connectivity index (χ4v) is 3.64. The number of benzene rings is 1. The predicted octanol–water partition coefficient (Wildman–Crippen LogP) is -1.12. The molecule has 0 spiro atoms. The van der Waals surface area contributed by atoms with Crippen molar-refractivity contribution in [2.45, 2.75) is 43.0 Å². The summed E-state index contributed by atoms with van der Waals surface area (Å²) in [6.07, 6.45) is 5.29. The minimum atomic E-state index is -3.79. The molecule has 0 radical (unpaired) electrons. The second kappa shape index (κ2) is 7.56. The summed E-state index contributed by atoms with van der Waals surface area (Å²) in [4.78, 5) is 11.9. The molecule has 0 saturated heterocycles. The first kappa shape index (κ1) is 17.4. The van der Waals surface area contributed by atoms with E-state index in [1.165, 1.54) is 18.6 Å². The molecule has 1 saturated carbocycles. The first-order valence-electron chi connectivity index (χ1n) is 7.66. The molecule has 1 aromatic rings. The molecule has 8 heteroatoms. The van der Waals surface area contributed by atoms with E-state index in [0.717, 1.165) is 25.7 Å². The van der Waals surface area contributed by atoms with Crippen molar-refractivity contribution in [3.8, 4) is 0 Å². The Kier molecular flexibility index (Phi) is 5.73. The lowest BCUT2D eigenvalue weighted by Crippen LogP contribution is -2.46. The molecule has 2 rings (SSSR count). The van der Waals surface area contributed by atoms with Gasteiger partial charge >= 0.3 is 0 Å². The lowest BCUT2D eigenvalue weighted by molar-refractivity contribution is -0.120. The van der Waals surface area contributed by atoms with Gasteiger partial charge in [-0.05, 0) is 31.0 Å². The zero-order valence-corrected chi connectivity index (χ0v) is 13.7. The summed E-state index contributed by atoms with van der Waals surface area (Å²) in [5, 5.41) is 8.33. The third-order valence-electron chi connectivity index (χ3n) is 3.87. The van der Waals surface area contributed by atoms with Gasteiger partial charge in [0, 0.05) is 6.04 Å². The minimum absolute atomic E-state index is 0.0221. The van der Waals surface area contributed by atoms with Crippen molar-refractivity contribution in [1.29, 1.82) is 0 Å². The number of sulfonamides is 1. The van der Waals surface area contributed by atoms with Crippen LogP contribution in [0.3, 0.4) is 0 Å². The molecule has 126 valence electrons. The Morgan fingerprint density at radius 2 is 1.96 bits per heavy atom. The third-order valence-corrected chi connectivity index (χ3v) is 5.27. The van der Waals surface area contributed by atoms with Crippen molar-refractivity contribution in [3.63, 3.8) is 0 Å². The first-order chi connectivity index (χ1) is 10.9. The molecule has 0 unspecified atom stereocenters. The monoisotopic (exact) mass is 339 g/mol. The van der Waals surface area contributed by atoms with Crippen molar-refractivity contribution in [1.82, 2.24) is 10.0 Å². The van der Waals surface area contributed by atoms with Crippen LogP contribution in [-0.4, -0.2) is 32.7 Å². The highest BCUT2D eigenvalue weighted by atomic mass is 32.2. The Labute approximate surface area is 136 Å². The van der Waals surface area contributed by atoms with Crippen LogP contribution in [0.15, 0.2) is 29.2 Å². The van der Waals surface area contributed by atoms with Crippen LogP contribution in [0.2, 0.25) is 0 Å². The molecule has 23 heavy (non-hydrogen) atoms. The Hall–Kier alpha value is -1.93. The van der Waals surface area contributed by atoms with Gasteiger partial charge in [0.25, 0.3) is 5.84 Å². The molecule has 0 aromatic heterocycles. The zero-order chi connectivity index (χ0) is 16.9. The molecule has 6 N–H and O–H groups in total. The normalized spacial score (nSPS) is 16.0. The van der Waals surface area contributed by atoms with Crippen LogP contribution >= 0.6 is 0 Å². The van der Waals surface area contributed by atoms with Gasteiger partial charge in [-0.3, -0.25) is 15.9 Å². The van der Waals surface area contributed by atoms with E-state index in [4.69, 9.17) is 11.1 Å². The van der Waals surface area contributed by atoms with Crippen LogP contribution in [0.4, 0.5) is 0 Å². The molecule has 0 heterocycles. The van der Waals surface area contributed by atoms with Gasteiger partial charge in [-0.1, -0.05) is 25.3 Å². The number of rotatable bonds is 6. The molecule has 0 aliphatic heterocycles. The van der Waals surface area contributed by atoms with Gasteiger partial charge < -0.3 is 5.32 Å². The fraction of sp³-hybridized carbons (Fsp3) is 0.467. The van der Waals surface area contributed by atoms with E-state index in [-0.39, 0.29) is 29.2 Å². The molecular formula is C15H23N4O3S+. The number of carbonyl (C=O) groups excluding carboxylic acids is 1. The Bertz CT molecular complexity index is 682. The van der Waals surface area contributed by atoms with Gasteiger partial charge in [0.15, 0.2) is 0 Å². The van der Waals surface area contributed by atoms with Crippen molar-refractivity contribution >= 4 is 21.8 Å². The smallest absolute Gasteiger partial charge is 0.270 e. The van der Waals surface area contributed by atoms with Crippen LogP contribution in [0.5, 0.6) is 0 Å². The van der Waals surface area contributed by atoms with E-state index in [9.17, 15) is 13.2 Å². The number of hydrogen-bond acceptors (Lipinski definition) is 3. The van der Waals surface area contributed by atoms with Gasteiger partial charge in [0.2, 0.25) is 15.9 Å². The standard InChI is InChI=1S/C15H22N4O3S/c16-15(17)11-5-4-8-13(9-11)23(21,22)18-10-14(20)19-12-6-2-1-3-7-12/h4-5,8-9,12,18H,1-3,6-7,10H2,(H3,16,17)(H,19,20)/p+1. The maximum atomic E-state index is 12.2. The molecule has 1 aliphatic rings. The number of hydrogen-bond donors (Lipinski definition) is 4. The Balaban J connectivity index is 1.94. The van der Waals surface area contributed by atoms with Crippen molar-refractivity contribution < 1.29 is 18.6 Å². The van der Waals surface area contributed by atoms with Crippen molar-refractivity contribution in [2.24, 2.45) is 5.73 Å². The summed E-state index contributed by atoms with van der Waals surface area (Å²) in [6.45, 7) is -0.287. The van der Waals surface area contributed by atoms with Gasteiger partial charge in [-0.25, -0.2) is 13.1 Å². The highest BCUT2D eigenvalue weighted by Gasteiger charge is 2.19. The molecule has 7 nitrogen and oxygen atoms in total. The second-order valence-corrected chi connectivity index (χ2v) is 7.48. The predicted molar refractivity (Wildman–Crippen MR) is 86.9 cm³/mol. The van der Waals surface area contributed by atoms with Crippen LogP contribution in [0.1, 0.15) is 37.7 Å². The van der Waals surface area contributed by atoms with E-state index in [2.05, 4.69) is 10.0 Å². The highest BCUT2D eigenvalue weighted by molar-refractivity contribution is 7.89. The van der Waals surface area contributed by atoms with Gasteiger partial charge in [0.05, 0.1) is 17.0 Å². The Morgan fingerprint density at radius 1 is 1.26 bits per heavy atom. The van der Waals surface area contributed by atoms with Crippen LogP contribution in [0, 0.1) is 0 Å². The van der Waals surface area contributed by atoms with E-state index in [1.54, 1.807) is 12.1 Å². The number of nitrogens with one attached hydrogen (secondary N) is 2. The molecule has 1 aliphatic carbocycles. The fourth-order valence-electron chi connectivity index (χ4n) is 2.61. The quantitative estimate of drug-likeness (QED) is 0.387. The SMILES string of the molecule is NC(=[NH2+])c1cccc(S(=O)(=O)NCC(=O)NC2CCCCC2)c1. The average molecular weight is 339 g/mol. The maximum absolute atomic E-state index is 12.2. The molecule has 1 aromatic carbocycles. The Morgan fingerprint density at radius 3 is 2.61 bits per heavy atom. The lowest BCUT2D eigenvalue weighted by atomic mass is 9.95. The van der Waals surface area contributed by atoms with E-state index in [1.807, 2.05) is 0 Å². The van der Waals surface area contributed by atoms with Crippen LogP contribution < -0.4 is 21.2 Å². The summed E-state index contributed by atoms with van der Waals surface area (Å²) >= 11 is 0. The summed E-state index contributed by atoms with van der Waals surface area (Å²) < 4.78 is 26.7. The number of nitrogens with two attached hydrogens (primary N) is 2. The van der Waals surface area contributed by atoms with Gasteiger partial charge in [0.1, 0.15) is 0 Å². The lowest BCUT2D eigenvalue weighted by Gasteiger charge is -2.22. The first-order valence-corrected chi connectivity index (χ1v) is 9.14.